The van der Waals surface area contributed by atoms with Crippen molar-refractivity contribution in [2.45, 2.75) is 19.5 Å². The summed E-state index contributed by atoms with van der Waals surface area (Å²) in [6.45, 7) is -2.30. The molecule has 138 valence electrons. The van der Waals surface area contributed by atoms with Crippen LogP contribution >= 0.6 is 0 Å². The largest absolute Gasteiger partial charge is 0.481 e. The highest BCUT2D eigenvalue weighted by Gasteiger charge is 2.27. The number of fused-ring (bicyclic) bond motifs is 1. The normalized spacial score (nSPS) is 15.3. The van der Waals surface area contributed by atoms with Crippen molar-refractivity contribution in [3.63, 3.8) is 0 Å². The molecule has 26 heavy (non-hydrogen) atoms. The molecule has 0 radical (unpaired) electrons. The Morgan fingerprint density at radius 2 is 2.00 bits per heavy atom. The Balaban J connectivity index is 1.77. The number of alkyl halides is 2. The zero-order chi connectivity index (χ0) is 18.7. The number of carboxylic acids is 1. The van der Waals surface area contributed by atoms with E-state index in [1.807, 2.05) is 0 Å². The molecule has 1 saturated heterocycles. The third-order valence-electron chi connectivity index (χ3n) is 4.32. The number of carboxylic acid groups (broad SMARTS) is 1. The molecule has 1 aromatic heterocycles. The second-order valence-electron chi connectivity index (χ2n) is 5.92. The number of piperidine rings is 1. The van der Waals surface area contributed by atoms with E-state index in [0.29, 0.717) is 37.0 Å². The summed E-state index contributed by atoms with van der Waals surface area (Å²) in [5, 5.41) is 12.2. The number of carbonyl (C=O) groups is 2. The number of rotatable bonds is 4. The van der Waals surface area contributed by atoms with Gasteiger partial charge in [0.2, 0.25) is 0 Å². The lowest BCUT2D eigenvalue weighted by Gasteiger charge is -2.30. The van der Waals surface area contributed by atoms with Gasteiger partial charge in [-0.15, -0.1) is 0 Å². The minimum Gasteiger partial charge on any atom is -0.481 e. The smallest absolute Gasteiger partial charge is 0.387 e. The minimum atomic E-state index is -2.98. The number of likely N-dealkylation sites (tertiary alicyclic amines) is 1. The molecule has 2 aromatic rings. The predicted octanol–water partition coefficient (Wildman–Crippen LogP) is 3.16. The van der Waals surface area contributed by atoms with Crippen LogP contribution in [-0.4, -0.2) is 46.7 Å². The van der Waals surface area contributed by atoms with Gasteiger partial charge < -0.3 is 20.1 Å². The molecule has 0 bridgehead atoms. The van der Waals surface area contributed by atoms with Crippen LogP contribution in [0.3, 0.4) is 0 Å². The number of hydrogen-bond acceptors (Lipinski definition) is 4. The number of anilines is 1. The Morgan fingerprint density at radius 1 is 1.27 bits per heavy atom. The highest BCUT2D eigenvalue weighted by molar-refractivity contribution is 6.02. The first-order valence-electron chi connectivity index (χ1n) is 8.07. The van der Waals surface area contributed by atoms with Crippen molar-refractivity contribution in [1.82, 2.24) is 9.88 Å². The van der Waals surface area contributed by atoms with Crippen molar-refractivity contribution in [2.24, 2.45) is 5.92 Å². The van der Waals surface area contributed by atoms with Crippen LogP contribution in [-0.2, 0) is 4.79 Å². The fraction of sp³-hybridized carbons (Fsp3) is 0.353. The van der Waals surface area contributed by atoms with Gasteiger partial charge in [-0.3, -0.25) is 9.78 Å². The summed E-state index contributed by atoms with van der Waals surface area (Å²) >= 11 is 0. The third kappa shape index (κ3) is 3.81. The van der Waals surface area contributed by atoms with E-state index in [4.69, 9.17) is 5.11 Å². The number of ether oxygens (including phenoxy) is 1. The van der Waals surface area contributed by atoms with Gasteiger partial charge in [0.05, 0.1) is 11.6 Å². The molecule has 1 fully saturated rings. The van der Waals surface area contributed by atoms with Gasteiger partial charge in [-0.05, 0) is 37.1 Å². The van der Waals surface area contributed by atoms with Gasteiger partial charge in [0, 0.05) is 24.7 Å². The summed E-state index contributed by atoms with van der Waals surface area (Å²) in [4.78, 5) is 29.0. The first kappa shape index (κ1) is 17.8. The lowest BCUT2D eigenvalue weighted by molar-refractivity contribution is -0.143. The highest BCUT2D eigenvalue weighted by atomic mass is 19.3. The molecule has 0 saturated carbocycles. The predicted molar refractivity (Wildman–Crippen MR) is 89.3 cm³/mol. The topological polar surface area (TPSA) is 91.8 Å². The summed E-state index contributed by atoms with van der Waals surface area (Å²) in [5.41, 5.74) is 0.634. The van der Waals surface area contributed by atoms with Crippen LogP contribution in [0, 0.1) is 5.92 Å². The van der Waals surface area contributed by atoms with Crippen LogP contribution in [0.2, 0.25) is 0 Å². The zero-order valence-electron chi connectivity index (χ0n) is 13.7. The SMILES string of the molecule is O=C(O)C1CCN(C(=O)Nc2ccc(OC(F)F)c3ncccc23)CC1. The number of aromatic nitrogens is 1. The Morgan fingerprint density at radius 3 is 2.65 bits per heavy atom. The van der Waals surface area contributed by atoms with Crippen molar-refractivity contribution in [1.29, 1.82) is 0 Å². The molecule has 0 aliphatic carbocycles. The molecule has 2 heterocycles. The second kappa shape index (κ2) is 7.51. The number of pyridine rings is 1. The average Bonchev–Trinajstić information content (AvgIpc) is 2.63. The van der Waals surface area contributed by atoms with Crippen molar-refractivity contribution >= 4 is 28.6 Å². The second-order valence-corrected chi connectivity index (χ2v) is 5.92. The molecule has 2 N–H and O–H groups in total. The summed E-state index contributed by atoms with van der Waals surface area (Å²) in [7, 11) is 0. The van der Waals surface area contributed by atoms with E-state index in [1.165, 1.54) is 23.2 Å². The Bertz CT molecular complexity index is 823. The fourth-order valence-corrected chi connectivity index (χ4v) is 2.97. The van der Waals surface area contributed by atoms with Crippen LogP contribution in [0.5, 0.6) is 5.75 Å². The van der Waals surface area contributed by atoms with Gasteiger partial charge in [0.1, 0.15) is 5.52 Å². The first-order valence-corrected chi connectivity index (χ1v) is 8.07. The number of carbonyl (C=O) groups excluding carboxylic acids is 1. The average molecular weight is 365 g/mol. The summed E-state index contributed by atoms with van der Waals surface area (Å²) in [5.74, 6) is -1.36. The summed E-state index contributed by atoms with van der Waals surface area (Å²) in [6, 6.07) is 5.70. The molecule has 9 heteroatoms. The molecule has 0 spiro atoms. The Hall–Kier alpha value is -2.97. The zero-order valence-corrected chi connectivity index (χ0v) is 13.7. The molecule has 0 unspecified atom stereocenters. The molecular formula is C17H17F2N3O4. The molecule has 1 aliphatic heterocycles. The molecule has 2 amide bonds. The van der Waals surface area contributed by atoms with E-state index >= 15 is 0 Å². The number of urea groups is 1. The van der Waals surface area contributed by atoms with Crippen molar-refractivity contribution in [2.75, 3.05) is 18.4 Å². The van der Waals surface area contributed by atoms with Crippen LogP contribution in [0.1, 0.15) is 12.8 Å². The minimum absolute atomic E-state index is 0.0733. The maximum absolute atomic E-state index is 12.5. The van der Waals surface area contributed by atoms with Crippen LogP contribution < -0.4 is 10.1 Å². The fourth-order valence-electron chi connectivity index (χ4n) is 2.97. The van der Waals surface area contributed by atoms with Crippen molar-refractivity contribution in [3.05, 3.63) is 30.5 Å². The van der Waals surface area contributed by atoms with Crippen LogP contribution in [0.4, 0.5) is 19.3 Å². The van der Waals surface area contributed by atoms with E-state index in [9.17, 15) is 18.4 Å². The van der Waals surface area contributed by atoms with E-state index < -0.39 is 18.5 Å². The first-order chi connectivity index (χ1) is 12.5. The van der Waals surface area contributed by atoms with Crippen molar-refractivity contribution < 1.29 is 28.2 Å². The van der Waals surface area contributed by atoms with E-state index in [2.05, 4.69) is 15.0 Å². The number of halogens is 2. The van der Waals surface area contributed by atoms with Gasteiger partial charge in [-0.2, -0.15) is 8.78 Å². The number of amides is 2. The standard InChI is InChI=1S/C17H17F2N3O4/c18-16(19)26-13-4-3-12(11-2-1-7-20-14(11)13)21-17(25)22-8-5-10(6-9-22)15(23)24/h1-4,7,10,16H,5-6,8-9H2,(H,21,25)(H,23,24). The van der Waals surface area contributed by atoms with Crippen LogP contribution in [0.25, 0.3) is 10.9 Å². The van der Waals surface area contributed by atoms with E-state index in [0.717, 1.165) is 0 Å². The van der Waals surface area contributed by atoms with Gasteiger partial charge in [-0.1, -0.05) is 0 Å². The highest BCUT2D eigenvalue weighted by Crippen LogP contribution is 2.31. The quantitative estimate of drug-likeness (QED) is 0.868. The molecule has 1 aliphatic rings. The van der Waals surface area contributed by atoms with Crippen LogP contribution in [0.15, 0.2) is 30.5 Å². The van der Waals surface area contributed by atoms with E-state index in [1.54, 1.807) is 12.1 Å². The van der Waals surface area contributed by atoms with Gasteiger partial charge >= 0.3 is 18.6 Å². The maximum atomic E-state index is 12.5. The molecule has 0 atom stereocenters. The van der Waals surface area contributed by atoms with Gasteiger partial charge in [-0.25, -0.2) is 4.79 Å². The van der Waals surface area contributed by atoms with Gasteiger partial charge in [0.25, 0.3) is 0 Å². The lowest BCUT2D eigenvalue weighted by atomic mass is 9.97. The number of hydrogen-bond donors (Lipinski definition) is 2. The summed E-state index contributed by atoms with van der Waals surface area (Å²) in [6.07, 6.45) is 2.24. The lowest BCUT2D eigenvalue weighted by Crippen LogP contribution is -2.42. The number of nitrogens with zero attached hydrogens (tertiary/aromatic N) is 2. The molecular weight excluding hydrogens is 348 g/mol. The number of aliphatic carboxylic acids is 1. The Kier molecular flexibility index (Phi) is 5.15. The molecule has 3 rings (SSSR count). The molecule has 7 nitrogen and oxygen atoms in total. The number of benzene rings is 1. The number of nitrogens with one attached hydrogen (secondary N) is 1. The third-order valence-corrected chi connectivity index (χ3v) is 4.32. The van der Waals surface area contributed by atoms with Crippen molar-refractivity contribution in [3.8, 4) is 5.75 Å². The maximum Gasteiger partial charge on any atom is 0.387 e. The summed E-state index contributed by atoms with van der Waals surface area (Å²) < 4.78 is 29.5. The monoisotopic (exact) mass is 365 g/mol. The Labute approximate surface area is 147 Å². The molecule has 1 aromatic carbocycles. The van der Waals surface area contributed by atoms with E-state index in [-0.39, 0.29) is 17.3 Å². The van der Waals surface area contributed by atoms with Gasteiger partial charge in [0.15, 0.2) is 5.75 Å².